The molecule has 1 unspecified atom stereocenters. The molecule has 0 saturated carbocycles. The Morgan fingerprint density at radius 2 is 1.49 bits per heavy atom. The SMILES string of the molecule is CC(C)(C)NC(=O)C(Cc1ccccc1)N(Cc1ccccc1F)C(=O)CN(c1cccc(Cl)c1)S(=O)(=O)c1ccc(Cl)cc1. The number of anilines is 1. The van der Waals surface area contributed by atoms with Crippen molar-refractivity contribution in [3.05, 3.63) is 130 Å². The van der Waals surface area contributed by atoms with Crippen LogP contribution in [0.4, 0.5) is 10.1 Å². The monoisotopic (exact) mass is 669 g/mol. The van der Waals surface area contributed by atoms with E-state index < -0.39 is 45.8 Å². The lowest BCUT2D eigenvalue weighted by Crippen LogP contribution is -2.56. The Bertz CT molecular complexity index is 1750. The fourth-order valence-corrected chi connectivity index (χ4v) is 6.43. The molecule has 1 atom stereocenters. The average Bonchev–Trinajstić information content (AvgIpc) is 2.98. The molecular formula is C34H34Cl2FN3O4S. The van der Waals surface area contributed by atoms with Crippen molar-refractivity contribution in [3.63, 3.8) is 0 Å². The van der Waals surface area contributed by atoms with Crippen molar-refractivity contribution >= 4 is 50.7 Å². The van der Waals surface area contributed by atoms with Gasteiger partial charge < -0.3 is 10.2 Å². The molecule has 0 spiro atoms. The van der Waals surface area contributed by atoms with Gasteiger partial charge in [-0.2, -0.15) is 0 Å². The van der Waals surface area contributed by atoms with Crippen LogP contribution in [0.25, 0.3) is 0 Å². The quantitative estimate of drug-likeness (QED) is 0.189. The van der Waals surface area contributed by atoms with Gasteiger partial charge in [0.2, 0.25) is 11.8 Å². The van der Waals surface area contributed by atoms with Gasteiger partial charge in [-0.05, 0) is 74.9 Å². The molecule has 0 bridgehead atoms. The molecule has 0 aliphatic carbocycles. The minimum absolute atomic E-state index is 0.101. The lowest BCUT2D eigenvalue weighted by molar-refractivity contribution is -0.140. The number of amides is 2. The van der Waals surface area contributed by atoms with Crippen molar-refractivity contribution in [2.75, 3.05) is 10.8 Å². The Morgan fingerprint density at radius 1 is 0.844 bits per heavy atom. The van der Waals surface area contributed by atoms with E-state index in [1.807, 2.05) is 51.1 Å². The third-order valence-corrected chi connectivity index (χ3v) is 9.12. The van der Waals surface area contributed by atoms with Crippen LogP contribution in [-0.4, -0.2) is 43.3 Å². The second-order valence-electron chi connectivity index (χ2n) is 11.5. The lowest BCUT2D eigenvalue weighted by Gasteiger charge is -2.35. The maximum Gasteiger partial charge on any atom is 0.264 e. The summed E-state index contributed by atoms with van der Waals surface area (Å²) >= 11 is 12.3. The predicted octanol–water partition coefficient (Wildman–Crippen LogP) is 6.88. The third kappa shape index (κ3) is 9.06. The van der Waals surface area contributed by atoms with E-state index in [0.717, 1.165) is 9.87 Å². The second kappa shape index (κ2) is 14.5. The Kier molecular flexibility index (Phi) is 10.9. The van der Waals surface area contributed by atoms with E-state index in [1.165, 1.54) is 59.5 Å². The number of nitrogens with zero attached hydrogens (tertiary/aromatic N) is 2. The van der Waals surface area contributed by atoms with Crippen molar-refractivity contribution in [2.24, 2.45) is 0 Å². The molecule has 4 aromatic carbocycles. The summed E-state index contributed by atoms with van der Waals surface area (Å²) in [5, 5.41) is 3.53. The van der Waals surface area contributed by atoms with Gasteiger partial charge in [-0.15, -0.1) is 0 Å². The molecule has 7 nitrogen and oxygen atoms in total. The molecule has 0 aliphatic rings. The highest BCUT2D eigenvalue weighted by Gasteiger charge is 2.36. The van der Waals surface area contributed by atoms with Crippen LogP contribution in [0.1, 0.15) is 31.9 Å². The molecule has 4 rings (SSSR count). The summed E-state index contributed by atoms with van der Waals surface area (Å²) < 4.78 is 44.0. The topological polar surface area (TPSA) is 86.8 Å². The van der Waals surface area contributed by atoms with E-state index in [1.54, 1.807) is 18.2 Å². The first-order valence-corrected chi connectivity index (χ1v) is 16.4. The number of sulfonamides is 1. The van der Waals surface area contributed by atoms with Crippen LogP contribution in [0.5, 0.6) is 0 Å². The summed E-state index contributed by atoms with van der Waals surface area (Å²) in [6.07, 6.45) is 0.101. The highest BCUT2D eigenvalue weighted by atomic mass is 35.5. The maximum absolute atomic E-state index is 15.0. The molecule has 236 valence electrons. The van der Waals surface area contributed by atoms with Gasteiger partial charge in [-0.1, -0.05) is 77.8 Å². The molecule has 45 heavy (non-hydrogen) atoms. The maximum atomic E-state index is 15.0. The van der Waals surface area contributed by atoms with Gasteiger partial charge in [0.05, 0.1) is 10.6 Å². The highest BCUT2D eigenvalue weighted by Crippen LogP contribution is 2.28. The Hall–Kier alpha value is -3.92. The van der Waals surface area contributed by atoms with E-state index in [9.17, 15) is 18.0 Å². The number of carbonyl (C=O) groups excluding carboxylic acids is 2. The van der Waals surface area contributed by atoms with Crippen molar-refractivity contribution in [1.29, 1.82) is 0 Å². The molecule has 4 aromatic rings. The molecule has 0 aromatic heterocycles. The summed E-state index contributed by atoms with van der Waals surface area (Å²) in [7, 11) is -4.34. The standard InChI is InChI=1S/C34H34Cl2FN3O4S/c1-34(2,3)38-33(42)31(20-24-10-5-4-6-11-24)39(22-25-12-7-8-15-30(25)37)32(41)23-40(28-14-9-13-27(36)21-28)45(43,44)29-18-16-26(35)17-19-29/h4-19,21,31H,20,22-23H2,1-3H3,(H,38,42). The van der Waals surface area contributed by atoms with Crippen LogP contribution in [0.3, 0.4) is 0 Å². The van der Waals surface area contributed by atoms with Crippen molar-refractivity contribution < 1.29 is 22.4 Å². The number of rotatable bonds is 11. The first-order valence-electron chi connectivity index (χ1n) is 14.2. The second-order valence-corrected chi connectivity index (χ2v) is 14.2. The number of carbonyl (C=O) groups is 2. The van der Waals surface area contributed by atoms with Crippen molar-refractivity contribution in [3.8, 4) is 0 Å². The van der Waals surface area contributed by atoms with E-state index in [2.05, 4.69) is 5.32 Å². The molecular weight excluding hydrogens is 636 g/mol. The largest absolute Gasteiger partial charge is 0.350 e. The molecule has 0 heterocycles. The number of hydrogen-bond acceptors (Lipinski definition) is 4. The zero-order chi connectivity index (χ0) is 32.8. The number of nitrogens with one attached hydrogen (secondary N) is 1. The van der Waals surface area contributed by atoms with Gasteiger partial charge in [0.1, 0.15) is 18.4 Å². The number of hydrogen-bond donors (Lipinski definition) is 1. The van der Waals surface area contributed by atoms with Crippen LogP contribution >= 0.6 is 23.2 Å². The molecule has 0 radical (unpaired) electrons. The Balaban J connectivity index is 1.83. The third-order valence-electron chi connectivity index (χ3n) is 6.84. The van der Waals surface area contributed by atoms with Gasteiger partial charge >= 0.3 is 0 Å². The summed E-state index contributed by atoms with van der Waals surface area (Å²) in [6, 6.07) is 25.6. The molecule has 0 aliphatic heterocycles. The Morgan fingerprint density at radius 3 is 2.11 bits per heavy atom. The minimum atomic E-state index is -4.34. The predicted molar refractivity (Wildman–Crippen MR) is 176 cm³/mol. The summed E-state index contributed by atoms with van der Waals surface area (Å²) in [5.74, 6) is -1.75. The molecule has 0 saturated heterocycles. The van der Waals surface area contributed by atoms with E-state index in [4.69, 9.17) is 23.2 Å². The average molecular weight is 671 g/mol. The van der Waals surface area contributed by atoms with Gasteiger partial charge in [0.15, 0.2) is 0 Å². The van der Waals surface area contributed by atoms with Gasteiger partial charge in [-0.25, -0.2) is 12.8 Å². The normalized spacial score (nSPS) is 12.3. The number of benzene rings is 4. The van der Waals surface area contributed by atoms with Crippen LogP contribution < -0.4 is 9.62 Å². The fraction of sp³-hybridized carbons (Fsp3) is 0.235. The summed E-state index contributed by atoms with van der Waals surface area (Å²) in [5.41, 5.74) is 0.417. The van der Waals surface area contributed by atoms with Crippen LogP contribution in [0.15, 0.2) is 108 Å². The van der Waals surface area contributed by atoms with Crippen molar-refractivity contribution in [1.82, 2.24) is 10.2 Å². The van der Waals surface area contributed by atoms with Crippen LogP contribution in [0, 0.1) is 5.82 Å². The van der Waals surface area contributed by atoms with E-state index in [-0.39, 0.29) is 34.1 Å². The lowest BCUT2D eigenvalue weighted by atomic mass is 10.0. The molecule has 11 heteroatoms. The van der Waals surface area contributed by atoms with E-state index in [0.29, 0.717) is 5.02 Å². The highest BCUT2D eigenvalue weighted by molar-refractivity contribution is 7.92. The van der Waals surface area contributed by atoms with Gasteiger partial charge in [-0.3, -0.25) is 13.9 Å². The zero-order valence-electron chi connectivity index (χ0n) is 25.1. The number of halogens is 3. The first kappa shape index (κ1) is 34.0. The van der Waals surface area contributed by atoms with Crippen LogP contribution in [0.2, 0.25) is 10.0 Å². The first-order chi connectivity index (χ1) is 21.2. The van der Waals surface area contributed by atoms with E-state index >= 15 is 4.39 Å². The molecule has 0 fully saturated rings. The zero-order valence-corrected chi connectivity index (χ0v) is 27.4. The van der Waals surface area contributed by atoms with Crippen LogP contribution in [-0.2, 0) is 32.6 Å². The molecule has 2 amide bonds. The van der Waals surface area contributed by atoms with Gasteiger partial charge in [0, 0.05) is 34.1 Å². The summed E-state index contributed by atoms with van der Waals surface area (Å²) in [4.78, 5) is 29.4. The smallest absolute Gasteiger partial charge is 0.264 e. The Labute approximate surface area is 273 Å². The summed E-state index contributed by atoms with van der Waals surface area (Å²) in [6.45, 7) is 4.45. The van der Waals surface area contributed by atoms with Gasteiger partial charge in [0.25, 0.3) is 10.0 Å². The minimum Gasteiger partial charge on any atom is -0.350 e. The fourth-order valence-electron chi connectivity index (χ4n) is 4.71. The van der Waals surface area contributed by atoms with Crippen molar-refractivity contribution in [2.45, 2.75) is 50.2 Å². The molecule has 1 N–H and O–H groups in total.